The second kappa shape index (κ2) is 6.70. The van der Waals surface area contributed by atoms with Crippen molar-refractivity contribution in [2.45, 2.75) is 12.8 Å². The molecule has 0 fully saturated rings. The molecule has 0 spiro atoms. The van der Waals surface area contributed by atoms with E-state index in [1.54, 1.807) is 18.2 Å². The minimum absolute atomic E-state index is 0.00930. The maximum atomic E-state index is 11.4. The summed E-state index contributed by atoms with van der Waals surface area (Å²) < 4.78 is 0. The first-order valence-corrected chi connectivity index (χ1v) is 4.94. The quantitative estimate of drug-likeness (QED) is 0.457. The van der Waals surface area contributed by atoms with Gasteiger partial charge >= 0.3 is 0 Å². The summed E-state index contributed by atoms with van der Waals surface area (Å²) in [6, 6.07) is 6.47. The van der Waals surface area contributed by atoms with Gasteiger partial charge in [0, 0.05) is 21.8 Å². The van der Waals surface area contributed by atoms with E-state index in [-0.39, 0.29) is 18.4 Å². The molecule has 2 amide bonds. The standard InChI is InChI=1S/C10H8N6O2/c11-15-13-9(17)6-5-7-3-1-2-4-8(7)10(18)14-16-12/h1-4H,5-6H2. The summed E-state index contributed by atoms with van der Waals surface area (Å²) >= 11 is 0. The van der Waals surface area contributed by atoms with Gasteiger partial charge in [-0.2, -0.15) is 0 Å². The highest BCUT2D eigenvalue weighted by atomic mass is 16.2. The van der Waals surface area contributed by atoms with Crippen LogP contribution in [0.4, 0.5) is 0 Å². The van der Waals surface area contributed by atoms with Crippen molar-refractivity contribution in [1.82, 2.24) is 0 Å². The highest BCUT2D eigenvalue weighted by Crippen LogP contribution is 2.13. The van der Waals surface area contributed by atoms with Crippen molar-refractivity contribution >= 4 is 11.8 Å². The molecule has 0 aliphatic carbocycles. The van der Waals surface area contributed by atoms with Crippen LogP contribution in [-0.2, 0) is 11.2 Å². The zero-order valence-electron chi connectivity index (χ0n) is 9.22. The lowest BCUT2D eigenvalue weighted by molar-refractivity contribution is -0.117. The smallest absolute Gasteiger partial charge is 0.249 e. The second-order valence-electron chi connectivity index (χ2n) is 3.23. The highest BCUT2D eigenvalue weighted by Gasteiger charge is 2.10. The van der Waals surface area contributed by atoms with Gasteiger partial charge in [-0.1, -0.05) is 24.3 Å². The Morgan fingerprint density at radius 2 is 1.78 bits per heavy atom. The van der Waals surface area contributed by atoms with Crippen molar-refractivity contribution in [3.63, 3.8) is 0 Å². The summed E-state index contributed by atoms with van der Waals surface area (Å²) in [6.45, 7) is 0. The molecule has 0 unspecified atom stereocenters. The van der Waals surface area contributed by atoms with Crippen LogP contribution in [0.25, 0.3) is 20.9 Å². The van der Waals surface area contributed by atoms with Gasteiger partial charge in [-0.05, 0) is 33.3 Å². The van der Waals surface area contributed by atoms with E-state index in [1.165, 1.54) is 6.07 Å². The number of nitrogens with zero attached hydrogens (tertiary/aromatic N) is 6. The van der Waals surface area contributed by atoms with E-state index in [0.717, 1.165) is 0 Å². The van der Waals surface area contributed by atoms with Gasteiger partial charge in [0.1, 0.15) is 0 Å². The van der Waals surface area contributed by atoms with Gasteiger partial charge in [-0.3, -0.25) is 9.59 Å². The molecule has 0 aliphatic heterocycles. The molecule has 0 saturated heterocycles. The van der Waals surface area contributed by atoms with Gasteiger partial charge < -0.3 is 0 Å². The number of azide groups is 2. The third kappa shape index (κ3) is 3.64. The number of rotatable bonds is 4. The summed E-state index contributed by atoms with van der Waals surface area (Å²) in [6.07, 6.45) is 0.228. The van der Waals surface area contributed by atoms with Crippen LogP contribution in [0, 0.1) is 0 Å². The Kier molecular flexibility index (Phi) is 4.93. The molecule has 18 heavy (non-hydrogen) atoms. The summed E-state index contributed by atoms with van der Waals surface area (Å²) in [4.78, 5) is 27.3. The molecule has 1 aromatic rings. The molecule has 8 nitrogen and oxygen atoms in total. The molecule has 0 atom stereocenters. The normalized spacial score (nSPS) is 8.89. The van der Waals surface area contributed by atoms with Crippen molar-refractivity contribution in [2.24, 2.45) is 10.2 Å². The van der Waals surface area contributed by atoms with E-state index in [0.29, 0.717) is 5.56 Å². The number of hydrogen-bond acceptors (Lipinski definition) is 2. The Balaban J connectivity index is 2.89. The number of benzene rings is 1. The molecule has 0 aromatic heterocycles. The van der Waals surface area contributed by atoms with Gasteiger partial charge in [0.05, 0.1) is 0 Å². The molecular formula is C10H8N6O2. The number of carbonyl (C=O) groups is 2. The number of amides is 2. The first kappa shape index (κ1) is 13.2. The maximum Gasteiger partial charge on any atom is 0.249 e. The Bertz CT molecular complexity index is 569. The van der Waals surface area contributed by atoms with Crippen LogP contribution in [0.2, 0.25) is 0 Å². The maximum absolute atomic E-state index is 11.4. The van der Waals surface area contributed by atoms with E-state index in [4.69, 9.17) is 11.1 Å². The average Bonchev–Trinajstić information content (AvgIpc) is 2.37. The Morgan fingerprint density at radius 1 is 1.11 bits per heavy atom. The fraction of sp³-hybridized carbons (Fsp3) is 0.200. The van der Waals surface area contributed by atoms with Gasteiger partial charge in [0.25, 0.3) is 0 Å². The molecule has 0 aliphatic rings. The van der Waals surface area contributed by atoms with Gasteiger partial charge in [-0.25, -0.2) is 0 Å². The Hall–Kier alpha value is -2.82. The number of hydrogen-bond donors (Lipinski definition) is 0. The van der Waals surface area contributed by atoms with Gasteiger partial charge in [0.15, 0.2) is 0 Å². The van der Waals surface area contributed by atoms with Crippen molar-refractivity contribution in [3.8, 4) is 0 Å². The lowest BCUT2D eigenvalue weighted by Gasteiger charge is -2.04. The topological polar surface area (TPSA) is 132 Å². The Labute approximate surface area is 101 Å². The summed E-state index contributed by atoms with van der Waals surface area (Å²) in [7, 11) is 0. The zero-order valence-corrected chi connectivity index (χ0v) is 9.22. The SMILES string of the molecule is [N-]=[N+]=NC(=O)CCc1ccccc1C(=O)N=[N+]=[N-]. The predicted octanol–water partition coefficient (Wildman–Crippen LogP) is 2.91. The molecule has 1 aromatic carbocycles. The van der Waals surface area contributed by atoms with Crippen LogP contribution in [-0.4, -0.2) is 11.8 Å². The fourth-order valence-corrected chi connectivity index (χ4v) is 1.38. The molecule has 0 heterocycles. The summed E-state index contributed by atoms with van der Waals surface area (Å²) in [5.74, 6) is -1.31. The van der Waals surface area contributed by atoms with E-state index in [9.17, 15) is 9.59 Å². The molecule has 0 bridgehead atoms. The lowest BCUT2D eigenvalue weighted by atomic mass is 10.0. The molecule has 0 N–H and O–H groups in total. The molecule has 0 radical (unpaired) electrons. The first-order chi connectivity index (χ1) is 8.69. The molecular weight excluding hydrogens is 236 g/mol. The van der Waals surface area contributed by atoms with E-state index in [2.05, 4.69) is 20.1 Å². The van der Waals surface area contributed by atoms with Crippen LogP contribution >= 0.6 is 0 Å². The van der Waals surface area contributed by atoms with Gasteiger partial charge in [0.2, 0.25) is 11.8 Å². The highest BCUT2D eigenvalue weighted by molar-refractivity contribution is 5.96. The third-order valence-corrected chi connectivity index (χ3v) is 2.15. The molecule has 1 rings (SSSR count). The van der Waals surface area contributed by atoms with Crippen LogP contribution in [0.1, 0.15) is 22.3 Å². The van der Waals surface area contributed by atoms with Crippen molar-refractivity contribution < 1.29 is 9.59 Å². The monoisotopic (exact) mass is 244 g/mol. The largest absolute Gasteiger partial charge is 0.293 e. The molecule has 90 valence electrons. The minimum Gasteiger partial charge on any atom is -0.293 e. The fourth-order valence-electron chi connectivity index (χ4n) is 1.38. The minimum atomic E-state index is -0.704. The molecule has 8 heteroatoms. The van der Waals surface area contributed by atoms with Crippen molar-refractivity contribution in [3.05, 3.63) is 56.3 Å². The van der Waals surface area contributed by atoms with Crippen LogP contribution in [0.5, 0.6) is 0 Å². The lowest BCUT2D eigenvalue weighted by Crippen LogP contribution is -2.02. The van der Waals surface area contributed by atoms with Crippen molar-refractivity contribution in [2.75, 3.05) is 0 Å². The van der Waals surface area contributed by atoms with E-state index < -0.39 is 11.8 Å². The van der Waals surface area contributed by atoms with Crippen LogP contribution in [0.15, 0.2) is 34.5 Å². The van der Waals surface area contributed by atoms with E-state index >= 15 is 0 Å². The van der Waals surface area contributed by atoms with Crippen LogP contribution in [0.3, 0.4) is 0 Å². The number of carbonyl (C=O) groups excluding carboxylic acids is 2. The zero-order chi connectivity index (χ0) is 13.4. The Morgan fingerprint density at radius 3 is 2.44 bits per heavy atom. The number of aryl methyl sites for hydroxylation is 1. The van der Waals surface area contributed by atoms with Crippen molar-refractivity contribution in [1.29, 1.82) is 0 Å². The first-order valence-electron chi connectivity index (χ1n) is 4.94. The second-order valence-corrected chi connectivity index (χ2v) is 3.23. The molecule has 0 saturated carbocycles. The third-order valence-electron chi connectivity index (χ3n) is 2.15. The van der Waals surface area contributed by atoms with E-state index in [1.807, 2.05) is 0 Å². The summed E-state index contributed by atoms with van der Waals surface area (Å²) in [5.41, 5.74) is 17.1. The average molecular weight is 244 g/mol. The predicted molar refractivity (Wildman–Crippen MR) is 62.4 cm³/mol. The summed E-state index contributed by atoms with van der Waals surface area (Å²) in [5, 5.41) is 5.92. The van der Waals surface area contributed by atoms with Gasteiger partial charge in [-0.15, -0.1) is 0 Å². The van der Waals surface area contributed by atoms with Crippen LogP contribution < -0.4 is 0 Å².